The van der Waals surface area contributed by atoms with E-state index in [-0.39, 0.29) is 0 Å². The monoisotopic (exact) mass is 407 g/mol. The Morgan fingerprint density at radius 2 is 1.71 bits per heavy atom. The molecule has 0 saturated heterocycles. The first-order chi connectivity index (χ1) is 10.1. The predicted molar refractivity (Wildman–Crippen MR) is 88.8 cm³/mol. The Bertz CT molecular complexity index is 769. The molecule has 1 aromatic heterocycles. The molecule has 3 aromatic rings. The molecular weight excluding hydrogens is 398 g/mol. The zero-order valence-corrected chi connectivity index (χ0v) is 14.1. The summed E-state index contributed by atoms with van der Waals surface area (Å²) in [6.07, 6.45) is 0.618. The third kappa shape index (κ3) is 3.33. The number of anilines is 1. The van der Waals surface area contributed by atoms with Gasteiger partial charge in [-0.25, -0.2) is 0 Å². The fourth-order valence-electron chi connectivity index (χ4n) is 1.95. The fourth-order valence-corrected chi connectivity index (χ4v) is 2.59. The molecule has 0 aliphatic heterocycles. The van der Waals surface area contributed by atoms with Gasteiger partial charge in [-0.1, -0.05) is 49.1 Å². The molecule has 6 heteroatoms. The minimum Gasteiger partial charge on any atom is -0.398 e. The summed E-state index contributed by atoms with van der Waals surface area (Å²) in [5.41, 5.74) is 8.43. The predicted octanol–water partition coefficient (Wildman–Crippen LogP) is 4.43. The topological polar surface area (TPSA) is 64.9 Å². The SMILES string of the molecule is Nc1cc(Br)ccc1-c1nc(Cc2ccc(Br)cc2)no1. The Kier molecular flexibility index (Phi) is 4.07. The van der Waals surface area contributed by atoms with Crippen molar-refractivity contribution < 1.29 is 4.52 Å². The molecule has 0 amide bonds. The van der Waals surface area contributed by atoms with Crippen molar-refractivity contribution in [1.82, 2.24) is 10.1 Å². The summed E-state index contributed by atoms with van der Waals surface area (Å²) < 4.78 is 7.26. The molecule has 0 unspecified atom stereocenters. The number of aromatic nitrogens is 2. The Hall–Kier alpha value is -1.66. The molecule has 0 atom stereocenters. The zero-order valence-electron chi connectivity index (χ0n) is 10.9. The smallest absolute Gasteiger partial charge is 0.260 e. The molecule has 0 spiro atoms. The number of nitrogens with two attached hydrogens (primary N) is 1. The first kappa shape index (κ1) is 14.3. The number of nitrogen functional groups attached to an aromatic ring is 1. The Balaban J connectivity index is 1.84. The van der Waals surface area contributed by atoms with Crippen molar-refractivity contribution in [1.29, 1.82) is 0 Å². The van der Waals surface area contributed by atoms with Gasteiger partial charge in [0.2, 0.25) is 0 Å². The fraction of sp³-hybridized carbons (Fsp3) is 0.0667. The summed E-state index contributed by atoms with van der Waals surface area (Å²) >= 11 is 6.79. The molecule has 0 bridgehead atoms. The highest BCUT2D eigenvalue weighted by Gasteiger charge is 2.12. The van der Waals surface area contributed by atoms with Gasteiger partial charge >= 0.3 is 0 Å². The van der Waals surface area contributed by atoms with Crippen LogP contribution in [0.15, 0.2) is 55.9 Å². The van der Waals surface area contributed by atoms with E-state index in [9.17, 15) is 0 Å². The van der Waals surface area contributed by atoms with Crippen LogP contribution in [0.1, 0.15) is 11.4 Å². The average Bonchev–Trinajstić information content (AvgIpc) is 2.90. The zero-order chi connectivity index (χ0) is 14.8. The highest BCUT2D eigenvalue weighted by molar-refractivity contribution is 9.10. The second-order valence-corrected chi connectivity index (χ2v) is 6.38. The third-order valence-electron chi connectivity index (χ3n) is 2.99. The molecule has 0 aliphatic carbocycles. The maximum atomic E-state index is 5.97. The molecule has 106 valence electrons. The number of benzene rings is 2. The first-order valence-electron chi connectivity index (χ1n) is 6.24. The average molecular weight is 409 g/mol. The third-order valence-corrected chi connectivity index (χ3v) is 4.01. The van der Waals surface area contributed by atoms with Gasteiger partial charge in [-0.15, -0.1) is 0 Å². The van der Waals surface area contributed by atoms with E-state index >= 15 is 0 Å². The molecule has 0 fully saturated rings. The molecule has 21 heavy (non-hydrogen) atoms. The maximum Gasteiger partial charge on any atom is 0.260 e. The molecule has 0 saturated carbocycles. The molecule has 1 heterocycles. The second kappa shape index (κ2) is 5.99. The molecule has 3 rings (SSSR count). The molecule has 2 N–H and O–H groups in total. The second-order valence-electron chi connectivity index (χ2n) is 4.55. The summed E-state index contributed by atoms with van der Waals surface area (Å²) in [7, 11) is 0. The van der Waals surface area contributed by atoms with Crippen LogP contribution < -0.4 is 5.73 Å². The van der Waals surface area contributed by atoms with Crippen LogP contribution in [0.5, 0.6) is 0 Å². The lowest BCUT2D eigenvalue weighted by Crippen LogP contribution is -1.92. The van der Waals surface area contributed by atoms with Crippen LogP contribution in [-0.4, -0.2) is 10.1 Å². The molecule has 4 nitrogen and oxygen atoms in total. The van der Waals surface area contributed by atoms with Crippen molar-refractivity contribution in [3.8, 4) is 11.5 Å². The van der Waals surface area contributed by atoms with E-state index in [1.165, 1.54) is 0 Å². The Morgan fingerprint density at radius 3 is 2.43 bits per heavy atom. The Labute approximate surface area is 138 Å². The number of halogens is 2. The lowest BCUT2D eigenvalue weighted by atomic mass is 10.1. The minimum atomic E-state index is 0.437. The number of rotatable bonds is 3. The minimum absolute atomic E-state index is 0.437. The van der Waals surface area contributed by atoms with Gasteiger partial charge in [0.15, 0.2) is 5.82 Å². The molecule has 2 aromatic carbocycles. The number of hydrogen-bond donors (Lipinski definition) is 1. The van der Waals surface area contributed by atoms with Crippen LogP contribution in [-0.2, 0) is 6.42 Å². The quantitative estimate of drug-likeness (QED) is 0.650. The van der Waals surface area contributed by atoms with Crippen LogP contribution in [0, 0.1) is 0 Å². The lowest BCUT2D eigenvalue weighted by Gasteiger charge is -2.00. The molecule has 0 aliphatic rings. The van der Waals surface area contributed by atoms with Crippen LogP contribution in [0.25, 0.3) is 11.5 Å². The summed E-state index contributed by atoms with van der Waals surface area (Å²) in [5.74, 6) is 1.07. The number of nitrogens with zero attached hydrogens (tertiary/aromatic N) is 2. The van der Waals surface area contributed by atoms with Gasteiger partial charge in [-0.05, 0) is 35.9 Å². The van der Waals surface area contributed by atoms with Gasteiger partial charge in [0.25, 0.3) is 5.89 Å². The van der Waals surface area contributed by atoms with E-state index in [2.05, 4.69) is 42.0 Å². The van der Waals surface area contributed by atoms with E-state index in [0.717, 1.165) is 20.1 Å². The highest BCUT2D eigenvalue weighted by Crippen LogP contribution is 2.27. The van der Waals surface area contributed by atoms with Crippen molar-refractivity contribution in [2.24, 2.45) is 0 Å². The largest absolute Gasteiger partial charge is 0.398 e. The van der Waals surface area contributed by atoms with Gasteiger partial charge in [0.05, 0.1) is 5.56 Å². The van der Waals surface area contributed by atoms with E-state index in [4.69, 9.17) is 10.3 Å². The van der Waals surface area contributed by atoms with Crippen molar-refractivity contribution >= 4 is 37.5 Å². The summed E-state index contributed by atoms with van der Waals surface area (Å²) in [6, 6.07) is 13.6. The van der Waals surface area contributed by atoms with E-state index in [1.54, 1.807) is 0 Å². The van der Waals surface area contributed by atoms with Gasteiger partial charge in [-0.3, -0.25) is 0 Å². The van der Waals surface area contributed by atoms with Crippen LogP contribution in [0.2, 0.25) is 0 Å². The standard InChI is InChI=1S/C15H11Br2N3O/c16-10-3-1-9(2-4-10)7-14-19-15(21-20-14)12-6-5-11(17)8-13(12)18/h1-6,8H,7,18H2. The number of hydrogen-bond acceptors (Lipinski definition) is 4. The van der Waals surface area contributed by atoms with Gasteiger partial charge in [0, 0.05) is 21.1 Å². The molecule has 0 radical (unpaired) electrons. The molecular formula is C15H11Br2N3O. The van der Waals surface area contributed by atoms with Crippen LogP contribution in [0.3, 0.4) is 0 Å². The van der Waals surface area contributed by atoms with Gasteiger partial charge in [-0.2, -0.15) is 4.98 Å². The summed E-state index contributed by atoms with van der Waals surface area (Å²) in [4.78, 5) is 4.40. The van der Waals surface area contributed by atoms with Crippen molar-refractivity contribution in [2.75, 3.05) is 5.73 Å². The van der Waals surface area contributed by atoms with E-state index < -0.39 is 0 Å². The highest BCUT2D eigenvalue weighted by atomic mass is 79.9. The normalized spacial score (nSPS) is 10.8. The van der Waals surface area contributed by atoms with Crippen molar-refractivity contribution in [2.45, 2.75) is 6.42 Å². The van der Waals surface area contributed by atoms with Gasteiger partial charge in [0.1, 0.15) is 0 Å². The maximum absolute atomic E-state index is 5.97. The lowest BCUT2D eigenvalue weighted by molar-refractivity contribution is 0.424. The van der Waals surface area contributed by atoms with Crippen molar-refractivity contribution in [3.63, 3.8) is 0 Å². The Morgan fingerprint density at radius 1 is 1.00 bits per heavy atom. The van der Waals surface area contributed by atoms with Gasteiger partial charge < -0.3 is 10.3 Å². The van der Waals surface area contributed by atoms with E-state index in [1.807, 2.05) is 42.5 Å². The summed E-state index contributed by atoms with van der Waals surface area (Å²) in [5, 5.41) is 4.01. The summed E-state index contributed by atoms with van der Waals surface area (Å²) in [6.45, 7) is 0. The first-order valence-corrected chi connectivity index (χ1v) is 7.83. The van der Waals surface area contributed by atoms with E-state index in [0.29, 0.717) is 23.8 Å². The van der Waals surface area contributed by atoms with Crippen molar-refractivity contribution in [3.05, 3.63) is 62.8 Å². The van der Waals surface area contributed by atoms with Crippen LogP contribution in [0.4, 0.5) is 5.69 Å². The van der Waals surface area contributed by atoms with Crippen LogP contribution >= 0.6 is 31.9 Å².